The van der Waals surface area contributed by atoms with Crippen molar-refractivity contribution in [3.05, 3.63) is 46.1 Å². The molecule has 1 amide bonds. The van der Waals surface area contributed by atoms with Gasteiger partial charge in [-0.2, -0.15) is 0 Å². The van der Waals surface area contributed by atoms with E-state index in [0.29, 0.717) is 47.5 Å². The number of benzene rings is 1. The van der Waals surface area contributed by atoms with Gasteiger partial charge in [0.25, 0.3) is 0 Å². The fraction of sp³-hybridized carbons (Fsp3) is 0.435. The number of ether oxygens (including phenoxy) is 4. The Balaban J connectivity index is 2.07. The summed E-state index contributed by atoms with van der Waals surface area (Å²) in [6.45, 7) is 2.79. The van der Waals surface area contributed by atoms with E-state index in [1.807, 2.05) is 29.4 Å². The van der Waals surface area contributed by atoms with Gasteiger partial charge in [-0.15, -0.1) is 0 Å². The average molecular weight is 476 g/mol. The summed E-state index contributed by atoms with van der Waals surface area (Å²) in [7, 11) is 6.08. The number of carbonyl (C=O) groups excluding carboxylic acids is 2. The van der Waals surface area contributed by atoms with E-state index >= 15 is 0 Å². The molecule has 3 rings (SSSR count). The molecule has 0 spiro atoms. The smallest absolute Gasteiger partial charge is 0.338 e. The molecule has 0 aromatic heterocycles. The number of hydrogen-bond donors (Lipinski definition) is 1. The maximum absolute atomic E-state index is 13.0. The third-order valence-electron chi connectivity index (χ3n) is 5.29. The summed E-state index contributed by atoms with van der Waals surface area (Å²) in [5.74, 6) is 0.560. The number of fused-ring (bicyclic) bond motifs is 1. The number of hydrogen-bond acceptors (Lipinski definition) is 9. The lowest BCUT2D eigenvalue weighted by molar-refractivity contribution is -0.136. The highest BCUT2D eigenvalue weighted by molar-refractivity contribution is 8.16. The van der Waals surface area contributed by atoms with Crippen molar-refractivity contribution in [1.82, 2.24) is 10.2 Å². The fourth-order valence-corrected chi connectivity index (χ4v) is 4.67. The zero-order chi connectivity index (χ0) is 24.0. The highest BCUT2D eigenvalue weighted by Gasteiger charge is 2.41. The van der Waals surface area contributed by atoms with Crippen molar-refractivity contribution < 1.29 is 28.5 Å². The van der Waals surface area contributed by atoms with Gasteiger partial charge in [-0.3, -0.25) is 4.79 Å². The van der Waals surface area contributed by atoms with Crippen molar-refractivity contribution in [2.75, 3.05) is 41.6 Å². The maximum Gasteiger partial charge on any atom is 0.338 e. The highest BCUT2D eigenvalue weighted by Crippen LogP contribution is 2.46. The van der Waals surface area contributed by atoms with E-state index in [1.165, 1.54) is 18.9 Å². The van der Waals surface area contributed by atoms with Gasteiger partial charge in [0.15, 0.2) is 5.17 Å². The van der Waals surface area contributed by atoms with E-state index < -0.39 is 12.0 Å². The SMILES string of the molecule is CCC1=C(C(=O)OC)C(c2cc(OC)cc(OC)c2)N2C(CC(=O)NCCOC)=CSC2=N1. The van der Waals surface area contributed by atoms with Gasteiger partial charge in [0.1, 0.15) is 11.5 Å². The fourth-order valence-electron chi connectivity index (χ4n) is 3.73. The number of nitrogens with zero attached hydrogens (tertiary/aromatic N) is 2. The molecule has 10 heteroatoms. The summed E-state index contributed by atoms with van der Waals surface area (Å²) in [6.07, 6.45) is 0.677. The quantitative estimate of drug-likeness (QED) is 0.407. The van der Waals surface area contributed by atoms with E-state index in [9.17, 15) is 9.59 Å². The Morgan fingerprint density at radius 2 is 1.82 bits per heavy atom. The van der Waals surface area contributed by atoms with Gasteiger partial charge in [-0.05, 0) is 29.5 Å². The lowest BCUT2D eigenvalue weighted by Gasteiger charge is -2.36. The van der Waals surface area contributed by atoms with Crippen LogP contribution in [-0.2, 0) is 19.1 Å². The van der Waals surface area contributed by atoms with Crippen molar-refractivity contribution >= 4 is 28.8 Å². The summed E-state index contributed by atoms with van der Waals surface area (Å²) < 4.78 is 21.1. The van der Waals surface area contributed by atoms with Crippen LogP contribution in [0.3, 0.4) is 0 Å². The largest absolute Gasteiger partial charge is 0.497 e. The van der Waals surface area contributed by atoms with Crippen LogP contribution in [0.15, 0.2) is 45.6 Å². The van der Waals surface area contributed by atoms with E-state index in [4.69, 9.17) is 23.9 Å². The van der Waals surface area contributed by atoms with Crippen molar-refractivity contribution in [3.8, 4) is 11.5 Å². The predicted octanol–water partition coefficient (Wildman–Crippen LogP) is 2.99. The Bertz CT molecular complexity index is 982. The molecular weight excluding hydrogens is 446 g/mol. The van der Waals surface area contributed by atoms with E-state index in [1.54, 1.807) is 27.4 Å². The summed E-state index contributed by atoms with van der Waals surface area (Å²) in [4.78, 5) is 32.2. The number of thioether (sulfide) groups is 1. The Morgan fingerprint density at radius 3 is 2.39 bits per heavy atom. The molecule has 33 heavy (non-hydrogen) atoms. The number of methoxy groups -OCH3 is 4. The molecule has 2 aliphatic heterocycles. The third-order valence-corrected chi connectivity index (χ3v) is 6.18. The predicted molar refractivity (Wildman–Crippen MR) is 126 cm³/mol. The first kappa shape index (κ1) is 24.7. The zero-order valence-corrected chi connectivity index (χ0v) is 20.3. The molecule has 0 bridgehead atoms. The molecule has 2 heterocycles. The zero-order valence-electron chi connectivity index (χ0n) is 19.5. The van der Waals surface area contributed by atoms with Gasteiger partial charge in [0.05, 0.1) is 51.7 Å². The normalized spacial score (nSPS) is 17.2. The maximum atomic E-state index is 13.0. The minimum Gasteiger partial charge on any atom is -0.497 e. The van der Waals surface area contributed by atoms with Gasteiger partial charge in [-0.1, -0.05) is 18.7 Å². The number of rotatable bonds is 10. The average Bonchev–Trinajstić information content (AvgIpc) is 3.23. The number of amidine groups is 1. The van der Waals surface area contributed by atoms with Crippen molar-refractivity contribution in [1.29, 1.82) is 0 Å². The van der Waals surface area contributed by atoms with E-state index in [2.05, 4.69) is 5.32 Å². The lowest BCUT2D eigenvalue weighted by atomic mass is 9.92. The molecule has 1 atom stereocenters. The molecule has 1 aromatic rings. The topological polar surface area (TPSA) is 98.7 Å². The van der Waals surface area contributed by atoms with Crippen LogP contribution in [0, 0.1) is 0 Å². The second-order valence-corrected chi connectivity index (χ2v) is 8.10. The summed E-state index contributed by atoms with van der Waals surface area (Å²) >= 11 is 1.42. The van der Waals surface area contributed by atoms with Gasteiger partial charge in [-0.25, -0.2) is 9.79 Å². The monoisotopic (exact) mass is 475 g/mol. The van der Waals surface area contributed by atoms with Crippen molar-refractivity contribution in [3.63, 3.8) is 0 Å². The minimum absolute atomic E-state index is 0.128. The van der Waals surface area contributed by atoms with Crippen molar-refractivity contribution in [2.45, 2.75) is 25.8 Å². The number of aliphatic imine (C=N–C) groups is 1. The second kappa shape index (κ2) is 11.2. The van der Waals surface area contributed by atoms with E-state index in [-0.39, 0.29) is 12.3 Å². The number of carbonyl (C=O) groups is 2. The lowest BCUT2D eigenvalue weighted by Crippen LogP contribution is -2.38. The van der Waals surface area contributed by atoms with Crippen LogP contribution in [0.2, 0.25) is 0 Å². The third kappa shape index (κ3) is 5.33. The highest BCUT2D eigenvalue weighted by atomic mass is 32.2. The molecule has 2 aliphatic rings. The molecular formula is C23H29N3O6S. The van der Waals surface area contributed by atoms with Crippen LogP contribution in [-0.4, -0.2) is 63.5 Å². The number of esters is 1. The van der Waals surface area contributed by atoms with Crippen molar-refractivity contribution in [2.24, 2.45) is 4.99 Å². The molecule has 0 saturated carbocycles. The summed E-state index contributed by atoms with van der Waals surface area (Å²) in [6, 6.07) is 4.91. The van der Waals surface area contributed by atoms with Gasteiger partial charge in [0, 0.05) is 25.4 Å². The standard InChI is InChI=1S/C23H29N3O6S/c1-6-18-20(22(28)32-5)21(14-9-16(30-3)12-17(10-14)31-4)26-15(13-33-23(26)25-18)11-19(27)24-7-8-29-2/h9-10,12-13,21H,6-8,11H2,1-5H3,(H,24,27). The molecule has 9 nitrogen and oxygen atoms in total. The van der Waals surface area contributed by atoms with E-state index in [0.717, 1.165) is 11.3 Å². The molecule has 0 aliphatic carbocycles. The summed E-state index contributed by atoms with van der Waals surface area (Å²) in [5.41, 5.74) is 2.56. The van der Waals surface area contributed by atoms with Crippen LogP contribution >= 0.6 is 11.8 Å². The summed E-state index contributed by atoms with van der Waals surface area (Å²) in [5, 5.41) is 5.43. The molecule has 0 radical (unpaired) electrons. The first-order valence-corrected chi connectivity index (χ1v) is 11.4. The van der Waals surface area contributed by atoms with Gasteiger partial charge in [0.2, 0.25) is 5.91 Å². The Hall–Kier alpha value is -2.98. The van der Waals surface area contributed by atoms with Crippen LogP contribution in [0.25, 0.3) is 0 Å². The van der Waals surface area contributed by atoms with Gasteiger partial charge >= 0.3 is 5.97 Å². The number of nitrogens with one attached hydrogen (secondary N) is 1. The molecule has 1 aromatic carbocycles. The number of amides is 1. The second-order valence-electron chi connectivity index (χ2n) is 7.26. The molecule has 1 unspecified atom stereocenters. The Labute approximate surface area is 197 Å². The van der Waals surface area contributed by atoms with Gasteiger partial charge < -0.3 is 29.2 Å². The van der Waals surface area contributed by atoms with Crippen LogP contribution < -0.4 is 14.8 Å². The first-order chi connectivity index (χ1) is 16.0. The first-order valence-electron chi connectivity index (χ1n) is 10.5. The number of allylic oxidation sites excluding steroid dienone is 1. The molecule has 0 fully saturated rings. The molecule has 1 N–H and O–H groups in total. The van der Waals surface area contributed by atoms with Crippen LogP contribution in [0.4, 0.5) is 0 Å². The Kier molecular flexibility index (Phi) is 8.40. The molecule has 0 saturated heterocycles. The molecule has 178 valence electrons. The van der Waals surface area contributed by atoms with Crippen LogP contribution in [0.5, 0.6) is 11.5 Å². The Morgan fingerprint density at radius 1 is 1.12 bits per heavy atom. The van der Waals surface area contributed by atoms with Crippen LogP contribution in [0.1, 0.15) is 31.4 Å². The minimum atomic E-state index is -0.558.